The number of halogens is 2. The van der Waals surface area contributed by atoms with E-state index in [0.29, 0.717) is 0 Å². The molecule has 0 saturated heterocycles. The van der Waals surface area contributed by atoms with Crippen LogP contribution in [0.2, 0.25) is 0 Å². The third-order valence-corrected chi connectivity index (χ3v) is 1.33. The summed E-state index contributed by atoms with van der Waals surface area (Å²) in [5.74, 6) is 0. The minimum atomic E-state index is -2.58. The van der Waals surface area contributed by atoms with Crippen molar-refractivity contribution in [1.29, 1.82) is 0 Å². The van der Waals surface area contributed by atoms with Gasteiger partial charge in [0.25, 0.3) is 6.43 Å². The Kier molecular flexibility index (Phi) is 2.72. The highest BCUT2D eigenvalue weighted by Crippen LogP contribution is 2.15. The van der Waals surface area contributed by atoms with Gasteiger partial charge in [-0.15, -0.1) is 0 Å². The minimum Gasteiger partial charge on any atom is -0.422 e. The highest BCUT2D eigenvalue weighted by molar-refractivity contribution is 6.57. The number of aromatic nitrogens is 1. The maximum atomic E-state index is 11.9. The second-order valence-corrected chi connectivity index (χ2v) is 2.19. The molecule has 0 radical (unpaired) electrons. The number of nitrogens with zero attached hydrogens (tertiary/aromatic N) is 1. The molecule has 0 atom stereocenters. The molecule has 3 nitrogen and oxygen atoms in total. The molecule has 1 aromatic heterocycles. The first-order valence-electron chi connectivity index (χ1n) is 3.21. The number of pyridine rings is 1. The Labute approximate surface area is 67.8 Å². The van der Waals surface area contributed by atoms with Crippen molar-refractivity contribution in [3.8, 4) is 0 Å². The van der Waals surface area contributed by atoms with Crippen molar-refractivity contribution < 1.29 is 18.8 Å². The summed E-state index contributed by atoms with van der Waals surface area (Å²) in [6, 6.07) is 2.25. The van der Waals surface area contributed by atoms with Gasteiger partial charge in [-0.2, -0.15) is 0 Å². The fourth-order valence-electron chi connectivity index (χ4n) is 0.699. The zero-order valence-electron chi connectivity index (χ0n) is 5.98. The molecule has 64 valence electrons. The molecule has 0 aliphatic carbocycles. The van der Waals surface area contributed by atoms with Crippen LogP contribution < -0.4 is 5.59 Å². The van der Waals surface area contributed by atoms with Gasteiger partial charge in [0.1, 0.15) is 0 Å². The highest BCUT2D eigenvalue weighted by atomic mass is 19.3. The molecule has 1 rings (SSSR count). The molecule has 0 bridgehead atoms. The molecular weight excluding hydrogens is 167 g/mol. The van der Waals surface area contributed by atoms with Gasteiger partial charge in [-0.3, -0.25) is 4.98 Å². The molecule has 1 aromatic rings. The van der Waals surface area contributed by atoms with Crippen LogP contribution in [-0.2, 0) is 0 Å². The second-order valence-electron chi connectivity index (χ2n) is 2.19. The fourth-order valence-corrected chi connectivity index (χ4v) is 0.699. The maximum Gasteiger partial charge on any atom is 0.508 e. The fraction of sp³-hybridized carbons (Fsp3) is 0.167. The lowest BCUT2D eigenvalue weighted by Crippen LogP contribution is -2.32. The van der Waals surface area contributed by atoms with Gasteiger partial charge >= 0.3 is 7.12 Å². The van der Waals surface area contributed by atoms with Crippen LogP contribution in [0.5, 0.6) is 0 Å². The summed E-state index contributed by atoms with van der Waals surface area (Å²) >= 11 is 0. The van der Waals surface area contributed by atoms with Crippen LogP contribution in [0.15, 0.2) is 18.3 Å². The van der Waals surface area contributed by atoms with Crippen molar-refractivity contribution in [1.82, 2.24) is 4.98 Å². The Morgan fingerprint density at radius 1 is 1.33 bits per heavy atom. The molecule has 2 N–H and O–H groups in total. The smallest absolute Gasteiger partial charge is 0.422 e. The quantitative estimate of drug-likeness (QED) is 0.603. The third kappa shape index (κ3) is 1.99. The summed E-state index contributed by atoms with van der Waals surface area (Å²) in [7, 11) is -1.71. The lowest BCUT2D eigenvalue weighted by Gasteiger charge is -2.00. The molecule has 1 heterocycles. The van der Waals surface area contributed by atoms with Gasteiger partial charge in [0.05, 0.1) is 5.59 Å². The monoisotopic (exact) mass is 173 g/mol. The molecular formula is C6H6BF2NO2. The summed E-state index contributed by atoms with van der Waals surface area (Å²) in [5, 5.41) is 17.1. The Morgan fingerprint density at radius 2 is 2.00 bits per heavy atom. The third-order valence-electron chi connectivity index (χ3n) is 1.33. The lowest BCUT2D eigenvalue weighted by molar-refractivity contribution is 0.151. The number of rotatable bonds is 2. The maximum absolute atomic E-state index is 11.9. The zero-order valence-corrected chi connectivity index (χ0v) is 5.98. The van der Waals surface area contributed by atoms with E-state index in [2.05, 4.69) is 4.98 Å². The van der Waals surface area contributed by atoms with Crippen molar-refractivity contribution in [2.24, 2.45) is 0 Å². The molecule has 0 aliphatic rings. The van der Waals surface area contributed by atoms with E-state index in [-0.39, 0.29) is 11.2 Å². The van der Waals surface area contributed by atoms with Crippen LogP contribution in [0.3, 0.4) is 0 Å². The molecule has 0 unspecified atom stereocenters. The molecule has 0 fully saturated rings. The minimum absolute atomic E-state index is 0.0422. The van der Waals surface area contributed by atoms with Gasteiger partial charge in [-0.1, -0.05) is 6.07 Å². The van der Waals surface area contributed by atoms with Crippen LogP contribution in [0.1, 0.15) is 12.0 Å². The van der Waals surface area contributed by atoms with E-state index in [1.807, 2.05) is 0 Å². The van der Waals surface area contributed by atoms with E-state index in [1.165, 1.54) is 0 Å². The average Bonchev–Trinajstić information content (AvgIpc) is 2.04. The Bertz CT molecular complexity index is 225. The summed E-state index contributed by atoms with van der Waals surface area (Å²) in [4.78, 5) is 3.42. The van der Waals surface area contributed by atoms with Crippen LogP contribution >= 0.6 is 0 Å². The number of hydrogen-bond acceptors (Lipinski definition) is 3. The first-order chi connectivity index (χ1) is 5.61. The highest BCUT2D eigenvalue weighted by Gasteiger charge is 2.13. The van der Waals surface area contributed by atoms with Crippen LogP contribution in [0, 0.1) is 0 Å². The standard InChI is InChI=1S/C6H6BF2NO2/c8-6(9)4-1-2-5(7(11)12)10-3-4/h1-3,6,11-12H. The van der Waals surface area contributed by atoms with Crippen molar-refractivity contribution in [2.45, 2.75) is 6.43 Å². The molecule has 0 saturated carbocycles. The Hall–Kier alpha value is -1.01. The average molecular weight is 173 g/mol. The van der Waals surface area contributed by atoms with Gasteiger partial charge in [-0.25, -0.2) is 8.78 Å². The normalized spacial score (nSPS) is 10.4. The van der Waals surface area contributed by atoms with Gasteiger partial charge in [0.15, 0.2) is 0 Å². The SMILES string of the molecule is OB(O)c1ccc(C(F)F)cn1. The van der Waals surface area contributed by atoms with Gasteiger partial charge in [-0.05, 0) is 6.07 Å². The van der Waals surface area contributed by atoms with E-state index >= 15 is 0 Å². The topological polar surface area (TPSA) is 53.4 Å². The first-order valence-corrected chi connectivity index (χ1v) is 3.21. The number of alkyl halides is 2. The number of hydrogen-bond donors (Lipinski definition) is 2. The van der Waals surface area contributed by atoms with Crippen molar-refractivity contribution >= 4 is 12.7 Å². The van der Waals surface area contributed by atoms with E-state index in [4.69, 9.17) is 10.0 Å². The molecule has 12 heavy (non-hydrogen) atoms. The van der Waals surface area contributed by atoms with Gasteiger partial charge in [0, 0.05) is 11.8 Å². The summed E-state index contributed by atoms with van der Waals surface area (Å²) < 4.78 is 23.9. The largest absolute Gasteiger partial charge is 0.508 e. The van der Waals surface area contributed by atoms with Gasteiger partial charge < -0.3 is 10.0 Å². The van der Waals surface area contributed by atoms with Crippen LogP contribution in [0.25, 0.3) is 0 Å². The molecule has 0 aliphatic heterocycles. The molecule has 0 aromatic carbocycles. The predicted octanol–water partition coefficient (Wildman–Crippen LogP) is -0.301. The first kappa shape index (κ1) is 9.09. The van der Waals surface area contributed by atoms with Crippen molar-refractivity contribution in [3.05, 3.63) is 23.9 Å². The summed E-state index contributed by atoms with van der Waals surface area (Å²) in [6.07, 6.45) is -1.67. The molecule has 6 heteroatoms. The van der Waals surface area contributed by atoms with E-state index in [0.717, 1.165) is 18.3 Å². The predicted molar refractivity (Wildman–Crippen MR) is 39.0 cm³/mol. The van der Waals surface area contributed by atoms with Gasteiger partial charge in [0.2, 0.25) is 0 Å². The van der Waals surface area contributed by atoms with Crippen molar-refractivity contribution in [3.63, 3.8) is 0 Å². The molecule has 0 amide bonds. The summed E-state index contributed by atoms with van der Waals surface area (Å²) in [6.45, 7) is 0. The van der Waals surface area contributed by atoms with Crippen LogP contribution in [-0.4, -0.2) is 22.2 Å². The zero-order chi connectivity index (χ0) is 9.14. The Morgan fingerprint density at radius 3 is 2.33 bits per heavy atom. The van der Waals surface area contributed by atoms with E-state index < -0.39 is 13.5 Å². The van der Waals surface area contributed by atoms with E-state index in [9.17, 15) is 8.78 Å². The summed E-state index contributed by atoms with van der Waals surface area (Å²) in [5.41, 5.74) is -0.279. The molecule has 0 spiro atoms. The van der Waals surface area contributed by atoms with Crippen LogP contribution in [0.4, 0.5) is 8.78 Å². The second kappa shape index (κ2) is 3.60. The lowest BCUT2D eigenvalue weighted by atomic mass is 9.85. The van der Waals surface area contributed by atoms with E-state index in [1.54, 1.807) is 0 Å². The van der Waals surface area contributed by atoms with Crippen molar-refractivity contribution in [2.75, 3.05) is 0 Å². The Balaban J connectivity index is 2.86.